The SMILES string of the molecule is Cc1ccc(SC(C)C(N)=O)c(N)c1. The van der Waals surface area contributed by atoms with Gasteiger partial charge < -0.3 is 11.5 Å². The first kappa shape index (κ1) is 10.9. The van der Waals surface area contributed by atoms with Gasteiger partial charge in [0.1, 0.15) is 0 Å². The molecule has 1 aromatic rings. The maximum Gasteiger partial charge on any atom is 0.230 e. The van der Waals surface area contributed by atoms with E-state index in [9.17, 15) is 4.79 Å². The van der Waals surface area contributed by atoms with E-state index in [1.165, 1.54) is 11.8 Å². The predicted octanol–water partition coefficient (Wildman–Crippen LogP) is 1.54. The van der Waals surface area contributed by atoms with Gasteiger partial charge in [-0.1, -0.05) is 6.07 Å². The summed E-state index contributed by atoms with van der Waals surface area (Å²) in [5.74, 6) is -0.324. The number of nitrogen functional groups attached to an aromatic ring is 1. The Morgan fingerprint density at radius 3 is 2.64 bits per heavy atom. The maximum atomic E-state index is 10.8. The molecule has 1 rings (SSSR count). The van der Waals surface area contributed by atoms with Crippen LogP contribution >= 0.6 is 11.8 Å². The van der Waals surface area contributed by atoms with Crippen LogP contribution in [0.1, 0.15) is 12.5 Å². The number of anilines is 1. The summed E-state index contributed by atoms with van der Waals surface area (Å²) in [6, 6.07) is 5.76. The number of carbonyl (C=O) groups excluding carboxylic acids is 1. The van der Waals surface area contributed by atoms with Crippen molar-refractivity contribution < 1.29 is 4.79 Å². The molecule has 0 radical (unpaired) electrons. The molecule has 0 aliphatic heterocycles. The number of hydrogen-bond acceptors (Lipinski definition) is 3. The van der Waals surface area contributed by atoms with Gasteiger partial charge in [0.05, 0.1) is 5.25 Å². The zero-order valence-electron chi connectivity index (χ0n) is 8.28. The van der Waals surface area contributed by atoms with Gasteiger partial charge in [0.2, 0.25) is 5.91 Å². The first-order valence-corrected chi connectivity index (χ1v) is 5.21. The number of hydrogen-bond donors (Lipinski definition) is 2. The van der Waals surface area contributed by atoms with Crippen molar-refractivity contribution in [1.29, 1.82) is 0 Å². The second-order valence-corrected chi connectivity index (χ2v) is 4.59. The minimum Gasteiger partial charge on any atom is -0.398 e. The quantitative estimate of drug-likeness (QED) is 0.587. The molecule has 1 amide bonds. The highest BCUT2D eigenvalue weighted by atomic mass is 32.2. The molecule has 0 aliphatic carbocycles. The van der Waals surface area contributed by atoms with Gasteiger partial charge in [0.15, 0.2) is 0 Å². The smallest absolute Gasteiger partial charge is 0.230 e. The van der Waals surface area contributed by atoms with Crippen LogP contribution in [0.3, 0.4) is 0 Å². The Morgan fingerprint density at radius 2 is 2.14 bits per heavy atom. The number of nitrogens with two attached hydrogens (primary N) is 2. The largest absolute Gasteiger partial charge is 0.398 e. The summed E-state index contributed by atoms with van der Waals surface area (Å²) >= 11 is 1.39. The Hall–Kier alpha value is -1.16. The highest BCUT2D eigenvalue weighted by molar-refractivity contribution is 8.00. The van der Waals surface area contributed by atoms with E-state index in [1.54, 1.807) is 6.92 Å². The number of benzene rings is 1. The molecule has 1 unspecified atom stereocenters. The van der Waals surface area contributed by atoms with Crippen molar-refractivity contribution in [2.24, 2.45) is 5.73 Å². The van der Waals surface area contributed by atoms with Crippen LogP contribution in [0.2, 0.25) is 0 Å². The summed E-state index contributed by atoms with van der Waals surface area (Å²) in [7, 11) is 0. The molecular weight excluding hydrogens is 196 g/mol. The van der Waals surface area contributed by atoms with Crippen molar-refractivity contribution >= 4 is 23.4 Å². The number of aryl methyl sites for hydroxylation is 1. The third-order valence-corrected chi connectivity index (χ3v) is 3.08. The standard InChI is InChI=1S/C10H14N2OS/c1-6-3-4-9(8(11)5-6)14-7(2)10(12)13/h3-5,7H,11H2,1-2H3,(H2,12,13). The average molecular weight is 210 g/mol. The molecule has 4 N–H and O–H groups in total. The van der Waals surface area contributed by atoms with Gasteiger partial charge in [0.25, 0.3) is 0 Å². The Kier molecular flexibility index (Phi) is 3.41. The predicted molar refractivity (Wildman–Crippen MR) is 60.1 cm³/mol. The van der Waals surface area contributed by atoms with E-state index < -0.39 is 0 Å². The molecule has 1 atom stereocenters. The molecule has 0 spiro atoms. The minimum absolute atomic E-state index is 0.250. The fourth-order valence-corrected chi connectivity index (χ4v) is 1.86. The van der Waals surface area contributed by atoms with Gasteiger partial charge >= 0.3 is 0 Å². The lowest BCUT2D eigenvalue weighted by molar-refractivity contribution is -0.117. The number of carbonyl (C=O) groups is 1. The third kappa shape index (κ3) is 2.67. The van der Waals surface area contributed by atoms with E-state index in [0.29, 0.717) is 5.69 Å². The second kappa shape index (κ2) is 4.37. The van der Waals surface area contributed by atoms with Gasteiger partial charge in [-0.2, -0.15) is 0 Å². The molecule has 14 heavy (non-hydrogen) atoms. The molecule has 1 aromatic carbocycles. The zero-order chi connectivity index (χ0) is 10.7. The lowest BCUT2D eigenvalue weighted by Crippen LogP contribution is -2.22. The first-order valence-electron chi connectivity index (χ1n) is 4.33. The summed E-state index contributed by atoms with van der Waals surface area (Å²) in [4.78, 5) is 11.7. The summed E-state index contributed by atoms with van der Waals surface area (Å²) in [5, 5.41) is -0.250. The maximum absolute atomic E-state index is 10.8. The summed E-state index contributed by atoms with van der Waals surface area (Å²) < 4.78 is 0. The van der Waals surface area contributed by atoms with Gasteiger partial charge in [-0.25, -0.2) is 0 Å². The van der Waals surface area contributed by atoms with Crippen LogP contribution in [-0.2, 0) is 4.79 Å². The molecule has 0 aromatic heterocycles. The highest BCUT2D eigenvalue weighted by Crippen LogP contribution is 2.28. The van der Waals surface area contributed by atoms with Crippen LogP contribution in [0.5, 0.6) is 0 Å². The van der Waals surface area contributed by atoms with Crippen molar-refractivity contribution in [2.75, 3.05) is 5.73 Å². The highest BCUT2D eigenvalue weighted by Gasteiger charge is 2.11. The van der Waals surface area contributed by atoms with E-state index in [1.807, 2.05) is 25.1 Å². The Morgan fingerprint density at radius 1 is 1.50 bits per heavy atom. The van der Waals surface area contributed by atoms with Crippen LogP contribution in [0, 0.1) is 6.92 Å². The monoisotopic (exact) mass is 210 g/mol. The Labute approximate surface area is 87.9 Å². The third-order valence-electron chi connectivity index (χ3n) is 1.87. The number of amides is 1. The van der Waals surface area contributed by atoms with Crippen molar-refractivity contribution in [3.05, 3.63) is 23.8 Å². The van der Waals surface area contributed by atoms with Crippen molar-refractivity contribution in [1.82, 2.24) is 0 Å². The van der Waals surface area contributed by atoms with Gasteiger partial charge in [-0.05, 0) is 31.5 Å². The molecule has 4 heteroatoms. The normalized spacial score (nSPS) is 12.4. The molecule has 0 aliphatic rings. The molecule has 3 nitrogen and oxygen atoms in total. The minimum atomic E-state index is -0.324. The van der Waals surface area contributed by atoms with Crippen molar-refractivity contribution in [3.63, 3.8) is 0 Å². The summed E-state index contributed by atoms with van der Waals surface area (Å²) in [6.07, 6.45) is 0. The van der Waals surface area contributed by atoms with E-state index in [4.69, 9.17) is 11.5 Å². The zero-order valence-corrected chi connectivity index (χ0v) is 9.10. The fourth-order valence-electron chi connectivity index (χ4n) is 1.02. The van der Waals surface area contributed by atoms with E-state index in [2.05, 4.69) is 0 Å². The molecule has 0 bridgehead atoms. The van der Waals surface area contributed by atoms with Crippen LogP contribution in [0.15, 0.2) is 23.1 Å². The van der Waals surface area contributed by atoms with Gasteiger partial charge in [0, 0.05) is 10.6 Å². The van der Waals surface area contributed by atoms with Crippen LogP contribution in [0.25, 0.3) is 0 Å². The lowest BCUT2D eigenvalue weighted by atomic mass is 10.2. The van der Waals surface area contributed by atoms with E-state index >= 15 is 0 Å². The van der Waals surface area contributed by atoms with E-state index in [-0.39, 0.29) is 11.2 Å². The number of thioether (sulfide) groups is 1. The second-order valence-electron chi connectivity index (χ2n) is 3.20. The topological polar surface area (TPSA) is 69.1 Å². The first-order chi connectivity index (χ1) is 6.50. The van der Waals surface area contributed by atoms with Gasteiger partial charge in [-0.3, -0.25) is 4.79 Å². The molecule has 0 saturated carbocycles. The van der Waals surface area contributed by atoms with Crippen LogP contribution < -0.4 is 11.5 Å². The molecule has 76 valence electrons. The summed E-state index contributed by atoms with van der Waals surface area (Å²) in [6.45, 7) is 3.74. The number of primary amides is 1. The molecule has 0 saturated heterocycles. The molecular formula is C10H14N2OS. The molecule has 0 heterocycles. The van der Waals surface area contributed by atoms with Gasteiger partial charge in [-0.15, -0.1) is 11.8 Å². The van der Waals surface area contributed by atoms with Crippen LogP contribution in [0.4, 0.5) is 5.69 Å². The Balaban J connectivity index is 2.82. The van der Waals surface area contributed by atoms with Crippen LogP contribution in [-0.4, -0.2) is 11.2 Å². The Bertz CT molecular complexity index is 352. The lowest BCUT2D eigenvalue weighted by Gasteiger charge is -2.09. The van der Waals surface area contributed by atoms with Crippen molar-refractivity contribution in [2.45, 2.75) is 24.0 Å². The summed E-state index contributed by atoms with van der Waals surface area (Å²) in [5.41, 5.74) is 12.8. The average Bonchev–Trinajstić information content (AvgIpc) is 2.09. The van der Waals surface area contributed by atoms with Crippen molar-refractivity contribution in [3.8, 4) is 0 Å². The fraction of sp³-hybridized carbons (Fsp3) is 0.300. The number of rotatable bonds is 3. The molecule has 0 fully saturated rings. The van der Waals surface area contributed by atoms with E-state index in [0.717, 1.165) is 10.5 Å².